The third-order valence-electron chi connectivity index (χ3n) is 3.81. The zero-order chi connectivity index (χ0) is 16.2. The van der Waals surface area contributed by atoms with Gasteiger partial charge in [-0.05, 0) is 37.3 Å². The summed E-state index contributed by atoms with van der Waals surface area (Å²) in [6, 6.07) is 7.09. The standard InChI is InChI=1S/C18H17N2O3/c1-23-18(22)16(20-17(21)12-6-2-3-7-12)10-13-11-19-15-9-5-4-8-14(13)15/h2-9,11,16,19H,10H2,1H3,(H,20,21)/t16-/m0/s1. The van der Waals surface area contributed by atoms with Crippen molar-refractivity contribution < 1.29 is 14.3 Å². The van der Waals surface area contributed by atoms with Gasteiger partial charge in [-0.15, -0.1) is 0 Å². The first-order chi connectivity index (χ1) is 11.2. The second-order valence-electron chi connectivity index (χ2n) is 5.29. The summed E-state index contributed by atoms with van der Waals surface area (Å²) >= 11 is 0. The Bertz CT molecular complexity index is 701. The lowest BCUT2D eigenvalue weighted by atomic mass is 10.0. The minimum absolute atomic E-state index is 0.287. The van der Waals surface area contributed by atoms with Gasteiger partial charge < -0.3 is 15.0 Å². The minimum atomic E-state index is -0.735. The lowest BCUT2D eigenvalue weighted by Gasteiger charge is -2.18. The van der Waals surface area contributed by atoms with E-state index in [9.17, 15) is 9.59 Å². The highest BCUT2D eigenvalue weighted by molar-refractivity contribution is 5.98. The Labute approximate surface area is 135 Å². The number of para-hydroxylation sites is 1. The molecular weight excluding hydrogens is 292 g/mol. The molecule has 3 rings (SSSR count). The summed E-state index contributed by atoms with van der Waals surface area (Å²) < 4.78 is 4.83. The summed E-state index contributed by atoms with van der Waals surface area (Å²) in [4.78, 5) is 27.4. The summed E-state index contributed by atoms with van der Waals surface area (Å²) in [5.41, 5.74) is 1.95. The van der Waals surface area contributed by atoms with E-state index in [1.54, 1.807) is 25.7 Å². The number of ether oxygens (including phenoxy) is 1. The van der Waals surface area contributed by atoms with E-state index in [0.717, 1.165) is 16.5 Å². The molecule has 5 heteroatoms. The number of benzene rings is 1. The van der Waals surface area contributed by atoms with Crippen LogP contribution in [0.15, 0.2) is 30.5 Å². The smallest absolute Gasteiger partial charge is 0.328 e. The van der Waals surface area contributed by atoms with E-state index in [0.29, 0.717) is 12.3 Å². The van der Waals surface area contributed by atoms with Crippen LogP contribution in [0.3, 0.4) is 0 Å². The number of fused-ring (bicyclic) bond motifs is 1. The van der Waals surface area contributed by atoms with Crippen molar-refractivity contribution >= 4 is 22.8 Å². The largest absolute Gasteiger partial charge is 0.467 e. The first-order valence-corrected chi connectivity index (χ1v) is 7.34. The van der Waals surface area contributed by atoms with Crippen LogP contribution in [0.4, 0.5) is 0 Å². The van der Waals surface area contributed by atoms with Gasteiger partial charge in [-0.1, -0.05) is 18.2 Å². The van der Waals surface area contributed by atoms with E-state index < -0.39 is 12.0 Å². The van der Waals surface area contributed by atoms with Crippen LogP contribution in [-0.4, -0.2) is 30.0 Å². The number of carbonyl (C=O) groups excluding carboxylic acids is 2. The lowest BCUT2D eigenvalue weighted by molar-refractivity contribution is -0.144. The molecule has 1 heterocycles. The highest BCUT2D eigenvalue weighted by atomic mass is 16.5. The molecule has 1 aromatic heterocycles. The van der Waals surface area contributed by atoms with Crippen LogP contribution in [0.2, 0.25) is 0 Å². The molecule has 1 aromatic carbocycles. The molecule has 0 saturated heterocycles. The molecule has 0 spiro atoms. The van der Waals surface area contributed by atoms with Crippen molar-refractivity contribution in [2.24, 2.45) is 0 Å². The predicted molar refractivity (Wildman–Crippen MR) is 86.4 cm³/mol. The van der Waals surface area contributed by atoms with Gasteiger partial charge in [0.05, 0.1) is 13.0 Å². The molecule has 1 amide bonds. The Balaban J connectivity index is 1.76. The van der Waals surface area contributed by atoms with Crippen molar-refractivity contribution in [2.75, 3.05) is 7.11 Å². The molecular formula is C18H17N2O3. The summed E-state index contributed by atoms with van der Waals surface area (Å²) in [6.07, 6.45) is 9.19. The number of aromatic amines is 1. The number of methoxy groups -OCH3 is 1. The van der Waals surface area contributed by atoms with E-state index in [1.165, 1.54) is 7.11 Å². The summed E-state index contributed by atoms with van der Waals surface area (Å²) in [7, 11) is 1.32. The van der Waals surface area contributed by atoms with Gasteiger partial charge in [0.1, 0.15) is 6.04 Å². The molecule has 23 heavy (non-hydrogen) atoms. The second-order valence-corrected chi connectivity index (χ2v) is 5.29. The van der Waals surface area contributed by atoms with Crippen molar-refractivity contribution in [1.29, 1.82) is 0 Å². The molecule has 5 radical (unpaired) electrons. The van der Waals surface area contributed by atoms with Crippen LogP contribution in [-0.2, 0) is 20.7 Å². The minimum Gasteiger partial charge on any atom is -0.467 e. The second kappa shape index (κ2) is 6.86. The Morgan fingerprint density at radius 2 is 1.96 bits per heavy atom. The molecule has 1 saturated carbocycles. The Morgan fingerprint density at radius 1 is 1.22 bits per heavy atom. The number of nitrogens with one attached hydrogen (secondary N) is 2. The molecule has 0 bridgehead atoms. The van der Waals surface area contributed by atoms with Gasteiger partial charge in [0, 0.05) is 23.5 Å². The van der Waals surface area contributed by atoms with Crippen molar-refractivity contribution in [2.45, 2.75) is 12.5 Å². The number of H-pyrrole nitrogens is 1. The van der Waals surface area contributed by atoms with E-state index in [4.69, 9.17) is 4.74 Å². The first-order valence-electron chi connectivity index (χ1n) is 7.34. The maximum absolute atomic E-state index is 12.2. The van der Waals surface area contributed by atoms with E-state index in [-0.39, 0.29) is 5.91 Å². The van der Waals surface area contributed by atoms with Crippen molar-refractivity contribution in [3.05, 3.63) is 67.6 Å². The highest BCUT2D eigenvalue weighted by Gasteiger charge is 2.29. The van der Waals surface area contributed by atoms with Gasteiger partial charge in [0.15, 0.2) is 0 Å². The molecule has 1 aliphatic carbocycles. The molecule has 0 aliphatic heterocycles. The molecule has 1 aliphatic rings. The molecule has 0 unspecified atom stereocenters. The number of hydrogen-bond acceptors (Lipinski definition) is 3. The summed E-state index contributed by atoms with van der Waals surface area (Å²) in [5.74, 6) is -0.224. The van der Waals surface area contributed by atoms with Gasteiger partial charge in [0.2, 0.25) is 5.91 Å². The van der Waals surface area contributed by atoms with E-state index >= 15 is 0 Å². The fourth-order valence-corrected chi connectivity index (χ4v) is 2.62. The van der Waals surface area contributed by atoms with Crippen LogP contribution < -0.4 is 5.32 Å². The normalized spacial score (nSPS) is 16.4. The molecule has 1 atom stereocenters. The van der Waals surface area contributed by atoms with Gasteiger partial charge in [-0.2, -0.15) is 0 Å². The quantitative estimate of drug-likeness (QED) is 0.827. The Kier molecular flexibility index (Phi) is 4.65. The van der Waals surface area contributed by atoms with Crippen molar-refractivity contribution in [3.63, 3.8) is 0 Å². The SMILES string of the molecule is COC(=O)[C@H](Cc1c[nH]c2ccccc12)NC(=O)[C]1[CH][CH][CH][CH]1. The highest BCUT2D eigenvalue weighted by Crippen LogP contribution is 2.24. The number of aromatic nitrogens is 1. The van der Waals surface area contributed by atoms with Crippen molar-refractivity contribution in [3.8, 4) is 0 Å². The van der Waals surface area contributed by atoms with Gasteiger partial charge in [-0.25, -0.2) is 4.79 Å². The van der Waals surface area contributed by atoms with E-state index in [1.807, 2.05) is 30.5 Å². The fourth-order valence-electron chi connectivity index (χ4n) is 2.62. The molecule has 117 valence electrons. The average molecular weight is 309 g/mol. The maximum Gasteiger partial charge on any atom is 0.328 e. The number of amides is 1. The van der Waals surface area contributed by atoms with Gasteiger partial charge >= 0.3 is 5.97 Å². The maximum atomic E-state index is 12.2. The third kappa shape index (κ3) is 3.38. The van der Waals surface area contributed by atoms with Gasteiger partial charge in [-0.3, -0.25) is 4.79 Å². The van der Waals surface area contributed by atoms with Crippen LogP contribution in [0, 0.1) is 31.6 Å². The van der Waals surface area contributed by atoms with Crippen LogP contribution in [0.5, 0.6) is 0 Å². The topological polar surface area (TPSA) is 71.2 Å². The van der Waals surface area contributed by atoms with Crippen LogP contribution >= 0.6 is 0 Å². The number of rotatable bonds is 5. The van der Waals surface area contributed by atoms with Crippen molar-refractivity contribution in [1.82, 2.24) is 10.3 Å². The zero-order valence-electron chi connectivity index (χ0n) is 12.7. The zero-order valence-corrected chi connectivity index (χ0v) is 12.7. The number of carbonyl (C=O) groups is 2. The first kappa shape index (κ1) is 15.6. The molecule has 5 nitrogen and oxygen atoms in total. The fraction of sp³-hybridized carbons (Fsp3) is 0.167. The monoisotopic (exact) mass is 309 g/mol. The summed E-state index contributed by atoms with van der Waals surface area (Å²) in [6.45, 7) is 0. The predicted octanol–water partition coefficient (Wildman–Crippen LogP) is 1.77. The summed E-state index contributed by atoms with van der Waals surface area (Å²) in [5, 5.41) is 3.78. The molecule has 1 fully saturated rings. The Hall–Kier alpha value is -2.30. The molecule has 2 N–H and O–H groups in total. The Morgan fingerprint density at radius 3 is 2.70 bits per heavy atom. The molecule has 2 aromatic rings. The van der Waals surface area contributed by atoms with Crippen LogP contribution in [0.25, 0.3) is 10.9 Å². The number of hydrogen-bond donors (Lipinski definition) is 2. The third-order valence-corrected chi connectivity index (χ3v) is 3.81. The van der Waals surface area contributed by atoms with Gasteiger partial charge in [0.25, 0.3) is 0 Å². The average Bonchev–Trinajstić information content (AvgIpc) is 3.23. The number of esters is 1. The lowest BCUT2D eigenvalue weighted by Crippen LogP contribution is -2.44. The van der Waals surface area contributed by atoms with Crippen LogP contribution in [0.1, 0.15) is 5.56 Å². The van der Waals surface area contributed by atoms with E-state index in [2.05, 4.69) is 10.3 Å².